The van der Waals surface area contributed by atoms with Gasteiger partial charge in [-0.2, -0.15) is 4.98 Å². The average Bonchev–Trinajstić information content (AvgIpc) is 3.55. The second kappa shape index (κ2) is 14.7. The lowest BCUT2D eigenvalue weighted by molar-refractivity contribution is 0.0982. The molecule has 0 atom stereocenters. The number of carbonyl (C=O) groups excluding carboxylic acids is 1. The van der Waals surface area contributed by atoms with Crippen LogP contribution in [0.5, 0.6) is 0 Å². The Morgan fingerprint density at radius 1 is 0.941 bits per heavy atom. The van der Waals surface area contributed by atoms with Gasteiger partial charge in [-0.1, -0.05) is 18.2 Å². The Hall–Kier alpha value is -3.74. The van der Waals surface area contributed by atoms with Crippen LogP contribution in [0.4, 0.5) is 28.8 Å². The first-order valence-electron chi connectivity index (χ1n) is 17.2. The number of piperazine rings is 1. The average molecular weight is 789 g/mol. The van der Waals surface area contributed by atoms with E-state index in [1.807, 2.05) is 54.2 Å². The Kier molecular flexibility index (Phi) is 10.3. The number of halogens is 1. The highest BCUT2D eigenvalue weighted by Gasteiger charge is 2.29. The summed E-state index contributed by atoms with van der Waals surface area (Å²) in [7, 11) is 1.47. The lowest BCUT2D eigenvalue weighted by Gasteiger charge is -2.43. The number of piperidine rings is 1. The van der Waals surface area contributed by atoms with Gasteiger partial charge >= 0.3 is 0 Å². The van der Waals surface area contributed by atoms with Gasteiger partial charge in [0.05, 0.1) is 33.1 Å². The third-order valence-electron chi connectivity index (χ3n) is 9.90. The molecule has 2 aliphatic rings. The summed E-state index contributed by atoms with van der Waals surface area (Å²) in [5.41, 5.74) is 5.44. The normalized spacial score (nSPS) is 16.5. The monoisotopic (exact) mass is 787 g/mol. The van der Waals surface area contributed by atoms with Gasteiger partial charge in [0.1, 0.15) is 13.0 Å². The lowest BCUT2D eigenvalue weighted by atomic mass is 9.97. The number of likely N-dealkylation sites (N-methyl/N-ethyl adjacent to an activating group) is 1. The minimum absolute atomic E-state index is 0.280. The quantitative estimate of drug-likeness (QED) is 0.109. The van der Waals surface area contributed by atoms with Crippen molar-refractivity contribution in [3.8, 4) is 11.1 Å². The smallest absolute Gasteiger partial charge is 0.229 e. The van der Waals surface area contributed by atoms with E-state index in [2.05, 4.69) is 83.2 Å². The molecule has 2 aliphatic heterocycles. The van der Waals surface area contributed by atoms with Gasteiger partial charge in [0.15, 0.2) is 0 Å². The summed E-state index contributed by atoms with van der Waals surface area (Å²) in [5, 5.41) is 7.85. The number of aromatic nitrogens is 4. The number of carbonyl (C=O) groups is 1. The zero-order valence-corrected chi connectivity index (χ0v) is 32.7. The third-order valence-corrected chi connectivity index (χ3v) is 12.3. The Labute approximate surface area is 312 Å². The van der Waals surface area contributed by atoms with Crippen LogP contribution in [-0.4, -0.2) is 100 Å². The topological polar surface area (TPSA) is 112 Å². The van der Waals surface area contributed by atoms with E-state index in [9.17, 15) is 9.36 Å². The largest absolute Gasteiger partial charge is 0.371 e. The number of thiol groups is 1. The maximum atomic E-state index is 13.6. The van der Waals surface area contributed by atoms with Gasteiger partial charge in [-0.25, -0.2) is 4.98 Å². The fraction of sp³-hybridized carbons (Fsp3) is 0.351. The number of nitrogens with zero attached hydrogens (tertiary/aromatic N) is 7. The molecule has 266 valence electrons. The molecule has 0 radical (unpaired) electrons. The van der Waals surface area contributed by atoms with E-state index in [0.717, 1.165) is 79.8 Å². The van der Waals surface area contributed by atoms with Crippen molar-refractivity contribution in [1.29, 1.82) is 0 Å². The maximum absolute atomic E-state index is 13.6. The number of fused-ring (bicyclic) bond motifs is 1. The molecule has 2 N–H and O–H groups in total. The Morgan fingerprint density at radius 3 is 2.37 bits per heavy atom. The number of rotatable bonds is 9. The van der Waals surface area contributed by atoms with Crippen molar-refractivity contribution in [2.45, 2.75) is 18.9 Å². The number of para-hydroxylation sites is 1. The first-order valence-corrected chi connectivity index (χ1v) is 21.0. The molecule has 7 rings (SSSR count). The summed E-state index contributed by atoms with van der Waals surface area (Å²) in [5.74, 6) is 0.740. The van der Waals surface area contributed by atoms with Crippen LogP contribution < -0.4 is 20.8 Å². The van der Waals surface area contributed by atoms with Gasteiger partial charge < -0.3 is 29.6 Å². The number of hydrogen-bond acceptors (Lipinski definition) is 10. The van der Waals surface area contributed by atoms with Gasteiger partial charge in [0.25, 0.3) is 0 Å². The molecule has 0 saturated carbocycles. The van der Waals surface area contributed by atoms with Crippen LogP contribution >= 0.6 is 35.7 Å². The van der Waals surface area contributed by atoms with E-state index in [1.54, 1.807) is 25.7 Å². The molecule has 2 saturated heterocycles. The second-order valence-corrected chi connectivity index (χ2v) is 18.3. The molecular weight excluding hydrogens is 745 g/mol. The molecule has 2 fully saturated rings. The van der Waals surface area contributed by atoms with Gasteiger partial charge in [0, 0.05) is 98.5 Å². The summed E-state index contributed by atoms with van der Waals surface area (Å²) >= 11 is 7.90. The van der Waals surface area contributed by atoms with E-state index < -0.39 is 7.14 Å². The van der Waals surface area contributed by atoms with Crippen LogP contribution in [0.25, 0.3) is 22.0 Å². The molecular formula is C37H43BrN9O2PS. The number of anilines is 5. The number of nitrogens with one attached hydrogen (secondary N) is 2. The minimum atomic E-state index is -2.73. The fourth-order valence-corrected chi connectivity index (χ4v) is 9.18. The summed E-state index contributed by atoms with van der Waals surface area (Å²) < 4.78 is 16.2. The molecule has 3 aromatic heterocycles. The van der Waals surface area contributed by atoms with Crippen molar-refractivity contribution in [2.75, 3.05) is 75.2 Å². The summed E-state index contributed by atoms with van der Waals surface area (Å²) in [6, 6.07) is 14.3. The van der Waals surface area contributed by atoms with Crippen LogP contribution in [-0.2, 0) is 11.6 Å². The fourth-order valence-electron chi connectivity index (χ4n) is 7.24. The van der Waals surface area contributed by atoms with Crippen LogP contribution in [0.3, 0.4) is 0 Å². The predicted molar refractivity (Wildman–Crippen MR) is 216 cm³/mol. The molecule has 0 spiro atoms. The van der Waals surface area contributed by atoms with E-state index >= 15 is 0 Å². The van der Waals surface area contributed by atoms with Crippen LogP contribution in [0, 0.1) is 0 Å². The van der Waals surface area contributed by atoms with Crippen LogP contribution in [0.2, 0.25) is 0 Å². The zero-order valence-electron chi connectivity index (χ0n) is 29.3. The van der Waals surface area contributed by atoms with Gasteiger partial charge in [-0.15, -0.1) is 12.6 Å². The van der Waals surface area contributed by atoms with E-state index in [1.165, 1.54) is 0 Å². The highest BCUT2D eigenvalue weighted by Crippen LogP contribution is 2.42. The molecule has 11 nitrogen and oxygen atoms in total. The van der Waals surface area contributed by atoms with E-state index in [0.29, 0.717) is 38.6 Å². The standard InChI is InChI=1S/C37H43BrN9O2PS/c1-44-15-17-46(18-16-44)25-10-13-47(14-11-25)33-20-28(36(48)51)31(19-27(33)24-9-12-45(2)23-24)42-37-40-21-29(38)35(43-37)41-32-22-39-30-8-6-5-7-26(30)34(32)50(3,4)49/h5-9,12,19-23,25H,10-11,13-18H2,1-4H3,(H,48,51)(H2,40,41,42,43). The SMILES string of the molecule is CN1CCN(C2CCN(c3cc(C(=O)S)c(Nc4ncc(Br)c(Nc5cnc6ccccc6c5P(C)(C)=O)n4)cc3-c3ccn(C)c3)CC2)CC1. The minimum Gasteiger partial charge on any atom is -0.371 e. The Balaban J connectivity index is 1.21. The number of pyridine rings is 1. The molecule has 0 aliphatic carbocycles. The summed E-state index contributed by atoms with van der Waals surface area (Å²) in [6.07, 6.45) is 9.60. The second-order valence-electron chi connectivity index (χ2n) is 13.9. The maximum Gasteiger partial charge on any atom is 0.229 e. The highest BCUT2D eigenvalue weighted by molar-refractivity contribution is 9.10. The molecule has 0 unspecified atom stereocenters. The summed E-state index contributed by atoms with van der Waals surface area (Å²) in [4.78, 5) is 34.5. The van der Waals surface area contributed by atoms with Crippen molar-refractivity contribution >= 4 is 85.9 Å². The number of benzene rings is 2. The van der Waals surface area contributed by atoms with E-state index in [4.69, 9.17) is 4.98 Å². The first kappa shape index (κ1) is 35.7. The van der Waals surface area contributed by atoms with Crippen molar-refractivity contribution in [3.05, 3.63) is 77.3 Å². The first-order chi connectivity index (χ1) is 24.4. The molecule has 5 aromatic rings. The Morgan fingerprint density at radius 2 is 1.69 bits per heavy atom. The van der Waals surface area contributed by atoms with Crippen LogP contribution in [0.1, 0.15) is 23.2 Å². The zero-order chi connectivity index (χ0) is 35.9. The lowest BCUT2D eigenvalue weighted by Crippen LogP contribution is -2.52. The Bertz CT molecular complexity index is 2140. The molecule has 51 heavy (non-hydrogen) atoms. The molecule has 2 aromatic carbocycles. The van der Waals surface area contributed by atoms with E-state index in [-0.39, 0.29) is 11.1 Å². The van der Waals surface area contributed by atoms with Gasteiger partial charge in [0.2, 0.25) is 11.1 Å². The van der Waals surface area contributed by atoms with Crippen molar-refractivity contribution in [3.63, 3.8) is 0 Å². The molecule has 5 heterocycles. The summed E-state index contributed by atoms with van der Waals surface area (Å²) in [6.45, 7) is 9.77. The molecule has 0 amide bonds. The van der Waals surface area contributed by atoms with Crippen LogP contribution in [0.15, 0.2) is 71.7 Å². The van der Waals surface area contributed by atoms with Crippen molar-refractivity contribution in [1.82, 2.24) is 29.3 Å². The van der Waals surface area contributed by atoms with Gasteiger partial charge in [-0.3, -0.25) is 14.7 Å². The number of hydrogen-bond donors (Lipinski definition) is 3. The molecule has 0 bridgehead atoms. The number of aryl methyl sites for hydroxylation is 1. The predicted octanol–water partition coefficient (Wildman–Crippen LogP) is 6.81. The molecule has 14 heteroatoms. The highest BCUT2D eigenvalue weighted by atomic mass is 79.9. The third kappa shape index (κ3) is 7.73. The van der Waals surface area contributed by atoms with Gasteiger partial charge in [-0.05, 0) is 73.4 Å². The van der Waals surface area contributed by atoms with Crippen molar-refractivity contribution in [2.24, 2.45) is 7.05 Å². The van der Waals surface area contributed by atoms with Crippen molar-refractivity contribution < 1.29 is 9.36 Å².